The molecule has 0 bridgehead atoms. The number of phenols is 1. The average molecular weight is 254 g/mol. The van der Waals surface area contributed by atoms with Gasteiger partial charge in [-0.3, -0.25) is 0 Å². The van der Waals surface area contributed by atoms with E-state index < -0.39 is 0 Å². The molecule has 1 atom stereocenters. The van der Waals surface area contributed by atoms with E-state index in [0.29, 0.717) is 11.8 Å². The molecule has 2 N–H and O–H groups in total. The standard InChI is InChI=1S/C16H18N2O/c1-12-10-17-15-4-2-3-5-16(15)18(12)11-13-6-8-14(19)9-7-13/h2-9,12,17,19H,10-11H2,1H3. The summed E-state index contributed by atoms with van der Waals surface area (Å²) < 4.78 is 0. The lowest BCUT2D eigenvalue weighted by molar-refractivity contribution is 0.475. The first-order valence-electron chi connectivity index (χ1n) is 6.61. The maximum Gasteiger partial charge on any atom is 0.115 e. The highest BCUT2D eigenvalue weighted by Gasteiger charge is 2.22. The van der Waals surface area contributed by atoms with Crippen LogP contribution in [-0.4, -0.2) is 17.7 Å². The van der Waals surface area contributed by atoms with E-state index >= 15 is 0 Å². The minimum atomic E-state index is 0.317. The monoisotopic (exact) mass is 254 g/mol. The Morgan fingerprint density at radius 3 is 2.68 bits per heavy atom. The zero-order valence-electron chi connectivity index (χ0n) is 11.0. The van der Waals surface area contributed by atoms with Gasteiger partial charge in [0.25, 0.3) is 0 Å². The second kappa shape index (κ2) is 4.84. The summed E-state index contributed by atoms with van der Waals surface area (Å²) in [6.45, 7) is 4.04. The van der Waals surface area contributed by atoms with Gasteiger partial charge >= 0.3 is 0 Å². The third-order valence-electron chi connectivity index (χ3n) is 3.62. The molecule has 0 aromatic heterocycles. The van der Waals surface area contributed by atoms with Crippen molar-refractivity contribution in [2.45, 2.75) is 19.5 Å². The van der Waals surface area contributed by atoms with E-state index in [1.54, 1.807) is 12.1 Å². The lowest BCUT2D eigenvalue weighted by atomic mass is 10.1. The molecule has 0 radical (unpaired) electrons. The molecule has 19 heavy (non-hydrogen) atoms. The van der Waals surface area contributed by atoms with Crippen molar-refractivity contribution >= 4 is 11.4 Å². The molecular formula is C16H18N2O. The molecule has 2 aromatic carbocycles. The summed E-state index contributed by atoms with van der Waals surface area (Å²) in [5.74, 6) is 0.317. The van der Waals surface area contributed by atoms with Gasteiger partial charge in [0.2, 0.25) is 0 Å². The number of nitrogens with one attached hydrogen (secondary N) is 1. The summed E-state index contributed by atoms with van der Waals surface area (Å²) in [4.78, 5) is 2.40. The van der Waals surface area contributed by atoms with Gasteiger partial charge in [-0.15, -0.1) is 0 Å². The number of phenolic OH excluding ortho intramolecular Hbond substituents is 1. The van der Waals surface area contributed by atoms with Crippen molar-refractivity contribution in [3.63, 3.8) is 0 Å². The van der Waals surface area contributed by atoms with E-state index in [9.17, 15) is 5.11 Å². The number of aromatic hydroxyl groups is 1. The highest BCUT2D eigenvalue weighted by Crippen LogP contribution is 2.32. The van der Waals surface area contributed by atoms with Crippen molar-refractivity contribution < 1.29 is 5.11 Å². The van der Waals surface area contributed by atoms with E-state index in [0.717, 1.165) is 13.1 Å². The Bertz CT molecular complexity index is 565. The van der Waals surface area contributed by atoms with Crippen LogP contribution in [0.25, 0.3) is 0 Å². The van der Waals surface area contributed by atoms with E-state index in [2.05, 4.69) is 41.4 Å². The molecule has 2 aromatic rings. The Hall–Kier alpha value is -2.16. The zero-order valence-corrected chi connectivity index (χ0v) is 11.0. The molecule has 0 spiro atoms. The van der Waals surface area contributed by atoms with Crippen molar-refractivity contribution in [2.24, 2.45) is 0 Å². The van der Waals surface area contributed by atoms with Crippen LogP contribution in [0.15, 0.2) is 48.5 Å². The molecule has 0 saturated heterocycles. The second-order valence-corrected chi connectivity index (χ2v) is 5.04. The Morgan fingerprint density at radius 1 is 1.16 bits per heavy atom. The summed E-state index contributed by atoms with van der Waals surface area (Å²) >= 11 is 0. The molecule has 1 aliphatic heterocycles. The minimum Gasteiger partial charge on any atom is -0.508 e. The highest BCUT2D eigenvalue weighted by atomic mass is 16.3. The summed E-state index contributed by atoms with van der Waals surface area (Å²) in [5.41, 5.74) is 3.65. The molecule has 0 aliphatic carbocycles. The lowest BCUT2D eigenvalue weighted by Gasteiger charge is -2.37. The highest BCUT2D eigenvalue weighted by molar-refractivity contribution is 5.72. The fourth-order valence-corrected chi connectivity index (χ4v) is 2.52. The molecule has 0 amide bonds. The van der Waals surface area contributed by atoms with Crippen LogP contribution < -0.4 is 10.2 Å². The van der Waals surface area contributed by atoms with Gasteiger partial charge < -0.3 is 15.3 Å². The zero-order chi connectivity index (χ0) is 13.2. The van der Waals surface area contributed by atoms with Crippen molar-refractivity contribution in [2.75, 3.05) is 16.8 Å². The van der Waals surface area contributed by atoms with Gasteiger partial charge in [0, 0.05) is 19.1 Å². The number of rotatable bonds is 2. The first-order valence-corrected chi connectivity index (χ1v) is 6.61. The molecule has 1 unspecified atom stereocenters. The normalized spacial score (nSPS) is 17.7. The second-order valence-electron chi connectivity index (χ2n) is 5.04. The van der Waals surface area contributed by atoms with Crippen molar-refractivity contribution in [1.29, 1.82) is 0 Å². The van der Waals surface area contributed by atoms with Gasteiger partial charge in [-0.1, -0.05) is 24.3 Å². The topological polar surface area (TPSA) is 35.5 Å². The van der Waals surface area contributed by atoms with E-state index in [4.69, 9.17) is 0 Å². The summed E-state index contributed by atoms with van der Waals surface area (Å²) in [7, 11) is 0. The number of fused-ring (bicyclic) bond motifs is 1. The Kier molecular flexibility index (Phi) is 3.03. The number of hydrogen-bond acceptors (Lipinski definition) is 3. The molecular weight excluding hydrogens is 236 g/mol. The molecule has 1 aliphatic rings. The Morgan fingerprint density at radius 2 is 1.89 bits per heavy atom. The van der Waals surface area contributed by atoms with Gasteiger partial charge in [-0.2, -0.15) is 0 Å². The maximum absolute atomic E-state index is 9.35. The Labute approximate surface area is 113 Å². The molecule has 1 heterocycles. The van der Waals surface area contributed by atoms with Crippen molar-refractivity contribution in [3.05, 3.63) is 54.1 Å². The average Bonchev–Trinajstić information content (AvgIpc) is 2.44. The van der Waals surface area contributed by atoms with E-state index in [-0.39, 0.29) is 0 Å². The van der Waals surface area contributed by atoms with Gasteiger partial charge in [0.05, 0.1) is 11.4 Å². The third-order valence-corrected chi connectivity index (χ3v) is 3.62. The largest absolute Gasteiger partial charge is 0.508 e. The van der Waals surface area contributed by atoms with Crippen LogP contribution in [0.4, 0.5) is 11.4 Å². The number of anilines is 2. The van der Waals surface area contributed by atoms with Crippen LogP contribution >= 0.6 is 0 Å². The minimum absolute atomic E-state index is 0.317. The predicted octanol–water partition coefficient (Wildman–Crippen LogP) is 3.21. The Balaban J connectivity index is 1.89. The number of hydrogen-bond donors (Lipinski definition) is 2. The van der Waals surface area contributed by atoms with Gasteiger partial charge in [-0.25, -0.2) is 0 Å². The smallest absolute Gasteiger partial charge is 0.115 e. The van der Waals surface area contributed by atoms with Gasteiger partial charge in [0.15, 0.2) is 0 Å². The van der Waals surface area contributed by atoms with Gasteiger partial charge in [-0.05, 0) is 36.8 Å². The van der Waals surface area contributed by atoms with Crippen LogP contribution in [0.2, 0.25) is 0 Å². The summed E-state index contributed by atoms with van der Waals surface area (Å²) in [6.07, 6.45) is 0. The number of benzene rings is 2. The van der Waals surface area contributed by atoms with Crippen LogP contribution in [0.1, 0.15) is 12.5 Å². The van der Waals surface area contributed by atoms with Crippen molar-refractivity contribution in [1.82, 2.24) is 0 Å². The van der Waals surface area contributed by atoms with Crippen LogP contribution in [0.3, 0.4) is 0 Å². The number of para-hydroxylation sites is 2. The fourth-order valence-electron chi connectivity index (χ4n) is 2.52. The molecule has 3 nitrogen and oxygen atoms in total. The molecule has 0 saturated carbocycles. The SMILES string of the molecule is CC1CNc2ccccc2N1Cc1ccc(O)cc1. The maximum atomic E-state index is 9.35. The van der Waals surface area contributed by atoms with E-state index in [1.165, 1.54) is 16.9 Å². The molecule has 3 rings (SSSR count). The third kappa shape index (κ3) is 2.36. The summed E-state index contributed by atoms with van der Waals surface area (Å²) in [6, 6.07) is 16.3. The first-order chi connectivity index (χ1) is 9.24. The van der Waals surface area contributed by atoms with Crippen LogP contribution in [0, 0.1) is 0 Å². The predicted molar refractivity (Wildman–Crippen MR) is 78.7 cm³/mol. The molecule has 0 fully saturated rings. The van der Waals surface area contributed by atoms with E-state index in [1.807, 2.05) is 12.1 Å². The lowest BCUT2D eigenvalue weighted by Crippen LogP contribution is -2.41. The van der Waals surface area contributed by atoms with Gasteiger partial charge in [0.1, 0.15) is 5.75 Å². The first kappa shape index (κ1) is 11.9. The quantitative estimate of drug-likeness (QED) is 0.863. The fraction of sp³-hybridized carbons (Fsp3) is 0.250. The van der Waals surface area contributed by atoms with Crippen LogP contribution in [0.5, 0.6) is 5.75 Å². The van der Waals surface area contributed by atoms with Crippen LogP contribution in [-0.2, 0) is 6.54 Å². The van der Waals surface area contributed by atoms with Crippen molar-refractivity contribution in [3.8, 4) is 5.75 Å². The molecule has 98 valence electrons. The summed E-state index contributed by atoms with van der Waals surface area (Å²) in [5, 5.41) is 12.8. The molecule has 3 heteroatoms. The number of nitrogens with zero attached hydrogens (tertiary/aromatic N) is 1.